The minimum Gasteiger partial charge on any atom is -0.396 e. The highest BCUT2D eigenvalue weighted by Gasteiger charge is 2.47. The lowest BCUT2D eigenvalue weighted by Crippen LogP contribution is -2.46. The predicted octanol–water partition coefficient (Wildman–Crippen LogP) is 2.52. The lowest BCUT2D eigenvalue weighted by Gasteiger charge is -2.30. The zero-order chi connectivity index (χ0) is 14.1. The van der Waals surface area contributed by atoms with Crippen LogP contribution in [-0.4, -0.2) is 23.8 Å². The zero-order valence-electron chi connectivity index (χ0n) is 11.8. The maximum atomic E-state index is 12.1. The van der Waals surface area contributed by atoms with Crippen molar-refractivity contribution in [1.82, 2.24) is 5.32 Å². The number of aliphatic hydroxyl groups is 1. The van der Waals surface area contributed by atoms with E-state index in [9.17, 15) is 9.90 Å². The monoisotopic (exact) mass is 274 g/mol. The molecule has 3 rings (SSSR count). The number of benzene rings is 1. The summed E-state index contributed by atoms with van der Waals surface area (Å²) in [7, 11) is 0. The molecular formula is C16H22N2O2. The Morgan fingerprint density at radius 3 is 2.90 bits per heavy atom. The SMILES string of the molecule is Cc1cccc(NC(=O)NC2C3CCC(C3)C2CO)c1. The standard InChI is InChI=1S/C16H22N2O2/c1-10-3-2-4-13(7-10)17-16(20)18-15-12-6-5-11(8-12)14(15)9-19/h2-4,7,11-12,14-15,19H,5-6,8-9H2,1H3,(H2,17,18,20). The largest absolute Gasteiger partial charge is 0.396 e. The first kappa shape index (κ1) is 13.4. The quantitative estimate of drug-likeness (QED) is 0.793. The first-order chi connectivity index (χ1) is 9.67. The average Bonchev–Trinajstić information content (AvgIpc) is 2.99. The van der Waals surface area contributed by atoms with Crippen molar-refractivity contribution in [3.05, 3.63) is 29.8 Å². The molecule has 1 aromatic rings. The third kappa shape index (κ3) is 2.52. The number of carbonyl (C=O) groups is 1. The molecule has 108 valence electrons. The molecule has 0 heterocycles. The Balaban J connectivity index is 1.61. The van der Waals surface area contributed by atoms with Gasteiger partial charge in [0, 0.05) is 24.3 Å². The van der Waals surface area contributed by atoms with Gasteiger partial charge in [0.25, 0.3) is 0 Å². The summed E-state index contributed by atoms with van der Waals surface area (Å²) in [4.78, 5) is 12.1. The van der Waals surface area contributed by atoms with Crippen LogP contribution in [0.4, 0.5) is 10.5 Å². The summed E-state index contributed by atoms with van der Waals surface area (Å²) in [5.41, 5.74) is 1.93. The fourth-order valence-electron chi connectivity index (χ4n) is 3.94. The van der Waals surface area contributed by atoms with Gasteiger partial charge in [0.1, 0.15) is 0 Å². The van der Waals surface area contributed by atoms with Crippen LogP contribution in [0.2, 0.25) is 0 Å². The Kier molecular flexibility index (Phi) is 3.66. The summed E-state index contributed by atoms with van der Waals surface area (Å²) in [6.07, 6.45) is 3.53. The van der Waals surface area contributed by atoms with Crippen LogP contribution < -0.4 is 10.6 Å². The Morgan fingerprint density at radius 1 is 1.35 bits per heavy atom. The second-order valence-electron chi connectivity index (χ2n) is 6.17. The van der Waals surface area contributed by atoms with Crippen molar-refractivity contribution in [2.45, 2.75) is 32.2 Å². The normalized spacial score (nSPS) is 31.3. The number of anilines is 1. The Morgan fingerprint density at radius 2 is 2.15 bits per heavy atom. The molecule has 2 aliphatic rings. The molecule has 0 aromatic heterocycles. The predicted molar refractivity (Wildman–Crippen MR) is 78.5 cm³/mol. The molecule has 0 aliphatic heterocycles. The Hall–Kier alpha value is -1.55. The lowest BCUT2D eigenvalue weighted by atomic mass is 9.85. The van der Waals surface area contributed by atoms with E-state index in [-0.39, 0.29) is 24.6 Å². The molecule has 2 aliphatic carbocycles. The van der Waals surface area contributed by atoms with Crippen LogP contribution >= 0.6 is 0 Å². The number of fused-ring (bicyclic) bond motifs is 2. The van der Waals surface area contributed by atoms with Crippen LogP contribution in [0.1, 0.15) is 24.8 Å². The molecule has 2 saturated carbocycles. The van der Waals surface area contributed by atoms with E-state index in [1.54, 1.807) is 0 Å². The second-order valence-corrected chi connectivity index (χ2v) is 6.17. The summed E-state index contributed by atoms with van der Waals surface area (Å²) in [5, 5.41) is 15.5. The van der Waals surface area contributed by atoms with Crippen molar-refractivity contribution in [1.29, 1.82) is 0 Å². The molecular weight excluding hydrogens is 252 g/mol. The third-order valence-corrected chi connectivity index (χ3v) is 4.87. The fourth-order valence-corrected chi connectivity index (χ4v) is 3.94. The fraction of sp³-hybridized carbons (Fsp3) is 0.562. The van der Waals surface area contributed by atoms with Gasteiger partial charge in [-0.05, 0) is 55.7 Å². The van der Waals surface area contributed by atoms with Crippen molar-refractivity contribution >= 4 is 11.7 Å². The molecule has 2 bridgehead atoms. The van der Waals surface area contributed by atoms with Gasteiger partial charge >= 0.3 is 6.03 Å². The van der Waals surface area contributed by atoms with Crippen molar-refractivity contribution in [3.63, 3.8) is 0 Å². The summed E-state index contributed by atoms with van der Waals surface area (Å²) in [5.74, 6) is 1.37. The zero-order valence-corrected chi connectivity index (χ0v) is 11.8. The summed E-state index contributed by atoms with van der Waals surface area (Å²) >= 11 is 0. The number of amides is 2. The molecule has 2 fully saturated rings. The van der Waals surface area contributed by atoms with E-state index >= 15 is 0 Å². The number of rotatable bonds is 3. The number of carbonyl (C=O) groups excluding carboxylic acids is 1. The van der Waals surface area contributed by atoms with Crippen LogP contribution in [0, 0.1) is 24.7 Å². The van der Waals surface area contributed by atoms with Gasteiger partial charge in [-0.3, -0.25) is 0 Å². The minimum absolute atomic E-state index is 0.128. The van der Waals surface area contributed by atoms with Crippen molar-refractivity contribution < 1.29 is 9.90 Å². The van der Waals surface area contributed by atoms with Crippen LogP contribution in [0.5, 0.6) is 0 Å². The summed E-state index contributed by atoms with van der Waals surface area (Å²) in [6, 6.07) is 7.73. The van der Waals surface area contributed by atoms with Gasteiger partial charge in [-0.25, -0.2) is 4.79 Å². The number of nitrogens with one attached hydrogen (secondary N) is 2. The van der Waals surface area contributed by atoms with Crippen molar-refractivity contribution in [3.8, 4) is 0 Å². The van der Waals surface area contributed by atoms with Crippen LogP contribution in [0.15, 0.2) is 24.3 Å². The van der Waals surface area contributed by atoms with Crippen LogP contribution in [0.3, 0.4) is 0 Å². The Labute approximate surface area is 119 Å². The van der Waals surface area contributed by atoms with Gasteiger partial charge in [-0.15, -0.1) is 0 Å². The third-order valence-electron chi connectivity index (χ3n) is 4.87. The highest BCUT2D eigenvalue weighted by molar-refractivity contribution is 5.89. The second kappa shape index (κ2) is 5.44. The van der Waals surface area contributed by atoms with Crippen molar-refractivity contribution in [2.75, 3.05) is 11.9 Å². The number of hydrogen-bond acceptors (Lipinski definition) is 2. The highest BCUT2D eigenvalue weighted by Crippen LogP contribution is 2.48. The van der Waals surface area contributed by atoms with E-state index in [2.05, 4.69) is 10.6 Å². The molecule has 0 spiro atoms. The van der Waals surface area contributed by atoms with E-state index in [1.165, 1.54) is 12.8 Å². The van der Waals surface area contributed by atoms with Gasteiger partial charge in [0.2, 0.25) is 0 Å². The Bertz CT molecular complexity index is 503. The van der Waals surface area contributed by atoms with Gasteiger partial charge < -0.3 is 15.7 Å². The van der Waals surface area contributed by atoms with E-state index in [1.807, 2.05) is 31.2 Å². The molecule has 0 radical (unpaired) electrons. The number of urea groups is 1. The number of aryl methyl sites for hydroxylation is 1. The molecule has 3 N–H and O–H groups in total. The molecule has 4 heteroatoms. The summed E-state index contributed by atoms with van der Waals surface area (Å²) < 4.78 is 0. The van der Waals surface area contributed by atoms with E-state index in [0.29, 0.717) is 11.8 Å². The molecule has 20 heavy (non-hydrogen) atoms. The van der Waals surface area contributed by atoms with E-state index in [0.717, 1.165) is 17.7 Å². The maximum absolute atomic E-state index is 12.1. The van der Waals surface area contributed by atoms with E-state index in [4.69, 9.17) is 0 Å². The van der Waals surface area contributed by atoms with Crippen LogP contribution in [-0.2, 0) is 0 Å². The number of aliphatic hydroxyl groups excluding tert-OH is 1. The van der Waals surface area contributed by atoms with Gasteiger partial charge in [0.15, 0.2) is 0 Å². The van der Waals surface area contributed by atoms with Crippen molar-refractivity contribution in [2.24, 2.45) is 17.8 Å². The van der Waals surface area contributed by atoms with E-state index < -0.39 is 0 Å². The van der Waals surface area contributed by atoms with Crippen LogP contribution in [0.25, 0.3) is 0 Å². The minimum atomic E-state index is -0.161. The van der Waals surface area contributed by atoms with Gasteiger partial charge in [-0.1, -0.05) is 12.1 Å². The topological polar surface area (TPSA) is 61.4 Å². The van der Waals surface area contributed by atoms with Gasteiger partial charge in [-0.2, -0.15) is 0 Å². The molecule has 4 atom stereocenters. The molecule has 2 amide bonds. The summed E-state index contributed by atoms with van der Waals surface area (Å²) in [6.45, 7) is 2.18. The maximum Gasteiger partial charge on any atom is 0.319 e. The lowest BCUT2D eigenvalue weighted by molar-refractivity contribution is 0.146. The first-order valence-corrected chi connectivity index (χ1v) is 7.42. The van der Waals surface area contributed by atoms with Gasteiger partial charge in [0.05, 0.1) is 0 Å². The number of hydrogen-bond donors (Lipinski definition) is 3. The average molecular weight is 274 g/mol. The smallest absolute Gasteiger partial charge is 0.319 e. The molecule has 1 aromatic carbocycles. The highest BCUT2D eigenvalue weighted by atomic mass is 16.3. The molecule has 4 nitrogen and oxygen atoms in total. The molecule has 4 unspecified atom stereocenters. The first-order valence-electron chi connectivity index (χ1n) is 7.42. The molecule has 0 saturated heterocycles.